The Bertz CT molecular complexity index is 1150. The van der Waals surface area contributed by atoms with Gasteiger partial charge in [0.25, 0.3) is 0 Å². The molecule has 2 aromatic carbocycles. The summed E-state index contributed by atoms with van der Waals surface area (Å²) in [5, 5.41) is 0. The number of fused-ring (bicyclic) bond motifs is 2. The molecule has 0 fully saturated rings. The van der Waals surface area contributed by atoms with Crippen LogP contribution in [0, 0.1) is 0 Å². The van der Waals surface area contributed by atoms with Crippen LogP contribution in [0.2, 0.25) is 0 Å². The summed E-state index contributed by atoms with van der Waals surface area (Å²) in [5.74, 6) is 3.84. The number of rotatable bonds is 7. The summed E-state index contributed by atoms with van der Waals surface area (Å²) in [5.41, 5.74) is 2.40. The zero-order valence-electron chi connectivity index (χ0n) is 18.5. The topological polar surface area (TPSA) is 51.2 Å². The number of benzene rings is 2. The van der Waals surface area contributed by atoms with Crippen LogP contribution in [-0.2, 0) is 26.2 Å². The Morgan fingerprint density at radius 3 is 1.59 bits per heavy atom. The third-order valence-electron chi connectivity index (χ3n) is 5.82. The van der Waals surface area contributed by atoms with Crippen molar-refractivity contribution in [1.29, 1.82) is 0 Å². The molecule has 0 saturated carbocycles. The van der Waals surface area contributed by atoms with Crippen molar-refractivity contribution in [2.24, 2.45) is 0 Å². The van der Waals surface area contributed by atoms with E-state index in [-0.39, 0.29) is 0 Å². The molecule has 4 heterocycles. The molecule has 8 heteroatoms. The number of ether oxygens (including phenoxy) is 2. The van der Waals surface area contributed by atoms with Gasteiger partial charge in [-0.25, -0.2) is 0 Å². The Balaban J connectivity index is 1.05. The minimum Gasteiger partial charge on any atom is -0.478 e. The summed E-state index contributed by atoms with van der Waals surface area (Å²) in [4.78, 5) is 6.80. The second-order valence-electron chi connectivity index (χ2n) is 8.39. The molecular weight excluding hydrogens is 468 g/mol. The van der Waals surface area contributed by atoms with Crippen LogP contribution < -0.4 is 9.47 Å². The highest BCUT2D eigenvalue weighted by Gasteiger charge is 2.20. The summed E-state index contributed by atoms with van der Waals surface area (Å²) in [6, 6.07) is 20.8. The van der Waals surface area contributed by atoms with Crippen LogP contribution in [0.5, 0.6) is 11.5 Å². The van der Waals surface area contributed by atoms with Gasteiger partial charge in [-0.15, -0.1) is 0 Å². The van der Waals surface area contributed by atoms with E-state index in [1.807, 2.05) is 24.3 Å². The Kier molecular flexibility index (Phi) is 6.29. The molecular formula is C26H24N2O4S2. The molecule has 0 aliphatic carbocycles. The monoisotopic (exact) mass is 492 g/mol. The van der Waals surface area contributed by atoms with Gasteiger partial charge in [-0.05, 0) is 48.5 Å². The lowest BCUT2D eigenvalue weighted by Crippen LogP contribution is -2.31. The maximum atomic E-state index is 6.03. The number of nitrogens with zero attached hydrogens (tertiary/aromatic N) is 2. The highest BCUT2D eigenvalue weighted by atomic mass is 33.1. The van der Waals surface area contributed by atoms with Crippen molar-refractivity contribution in [2.75, 3.05) is 13.5 Å². The average molecular weight is 493 g/mol. The van der Waals surface area contributed by atoms with Gasteiger partial charge in [0.15, 0.2) is 0 Å². The summed E-state index contributed by atoms with van der Waals surface area (Å²) in [6.07, 6.45) is 3.42. The van der Waals surface area contributed by atoms with E-state index in [9.17, 15) is 0 Å². The fourth-order valence-corrected chi connectivity index (χ4v) is 6.09. The third-order valence-corrected chi connectivity index (χ3v) is 8.20. The van der Waals surface area contributed by atoms with Gasteiger partial charge >= 0.3 is 0 Å². The van der Waals surface area contributed by atoms with E-state index in [0.717, 1.165) is 49.2 Å². The molecule has 4 aromatic rings. The van der Waals surface area contributed by atoms with Crippen molar-refractivity contribution in [1.82, 2.24) is 9.80 Å². The fourth-order valence-electron chi connectivity index (χ4n) is 4.14. The lowest BCUT2D eigenvalue weighted by molar-refractivity contribution is 0.0821. The van der Waals surface area contributed by atoms with E-state index in [1.165, 1.54) is 20.9 Å². The predicted molar refractivity (Wildman–Crippen MR) is 131 cm³/mol. The average Bonchev–Trinajstić information content (AvgIpc) is 3.57. The van der Waals surface area contributed by atoms with E-state index < -0.39 is 0 Å². The Labute approximate surface area is 206 Å². The second kappa shape index (κ2) is 9.84. The van der Waals surface area contributed by atoms with Crippen LogP contribution >= 0.6 is 21.6 Å². The zero-order chi connectivity index (χ0) is 22.7. The molecule has 6 rings (SSSR count). The maximum Gasteiger partial charge on any atom is 0.142 e. The first-order valence-electron chi connectivity index (χ1n) is 11.1. The van der Waals surface area contributed by atoms with Gasteiger partial charge in [-0.1, -0.05) is 33.7 Å². The standard InChI is InChI=1S/C26H24N2O4S2/c1-3-21(29-9-1)15-27-13-19-5-7-23(11-25(19)31-17-27)33-34-24-8-6-20-14-28(18-32-26(20)12-24)16-22-4-2-10-30-22/h1-12H,13-18H2. The number of hydrogen-bond acceptors (Lipinski definition) is 8. The van der Waals surface area contributed by atoms with Crippen LogP contribution in [0.3, 0.4) is 0 Å². The van der Waals surface area contributed by atoms with Crippen molar-refractivity contribution in [3.63, 3.8) is 0 Å². The van der Waals surface area contributed by atoms with Gasteiger partial charge in [0, 0.05) is 34.0 Å². The zero-order valence-corrected chi connectivity index (χ0v) is 20.1. The summed E-state index contributed by atoms with van der Waals surface area (Å²) >= 11 is 0. The van der Waals surface area contributed by atoms with Crippen LogP contribution in [0.15, 0.2) is 91.8 Å². The number of hydrogen-bond donors (Lipinski definition) is 0. The molecule has 34 heavy (non-hydrogen) atoms. The van der Waals surface area contributed by atoms with Crippen molar-refractivity contribution in [3.05, 3.63) is 95.8 Å². The minimum atomic E-state index is 0.564. The molecule has 2 aliphatic heterocycles. The first kappa shape index (κ1) is 21.7. The highest BCUT2D eigenvalue weighted by molar-refractivity contribution is 8.76. The second-order valence-corrected chi connectivity index (χ2v) is 10.7. The van der Waals surface area contributed by atoms with Crippen molar-refractivity contribution in [2.45, 2.75) is 36.0 Å². The molecule has 0 amide bonds. The SMILES string of the molecule is c1coc(CN2COc3cc(SSc4ccc5c(c4)OCN(Cc4ccco4)C5)ccc3C2)c1. The molecule has 0 atom stereocenters. The molecule has 0 spiro atoms. The van der Waals surface area contributed by atoms with Crippen LogP contribution in [-0.4, -0.2) is 23.3 Å². The summed E-state index contributed by atoms with van der Waals surface area (Å²) < 4.78 is 23.0. The van der Waals surface area contributed by atoms with E-state index in [4.69, 9.17) is 18.3 Å². The molecule has 0 radical (unpaired) electrons. The van der Waals surface area contributed by atoms with Gasteiger partial charge in [-0.3, -0.25) is 9.80 Å². The fraction of sp³-hybridized carbons (Fsp3) is 0.231. The molecule has 2 aliphatic rings. The maximum absolute atomic E-state index is 6.03. The normalized spacial score (nSPS) is 15.9. The molecule has 2 aromatic heterocycles. The van der Waals surface area contributed by atoms with Crippen molar-refractivity contribution in [3.8, 4) is 11.5 Å². The lowest BCUT2D eigenvalue weighted by Gasteiger charge is -2.28. The smallest absolute Gasteiger partial charge is 0.142 e. The van der Waals surface area contributed by atoms with Gasteiger partial charge in [0.05, 0.1) is 25.6 Å². The largest absolute Gasteiger partial charge is 0.478 e. The van der Waals surface area contributed by atoms with Gasteiger partial charge in [0.1, 0.15) is 36.5 Å². The summed E-state index contributed by atoms with van der Waals surface area (Å²) in [7, 11) is 3.47. The molecule has 0 N–H and O–H groups in total. The number of furan rings is 2. The Morgan fingerprint density at radius 2 is 1.15 bits per heavy atom. The van der Waals surface area contributed by atoms with Gasteiger partial charge in [-0.2, -0.15) is 0 Å². The van der Waals surface area contributed by atoms with Gasteiger partial charge < -0.3 is 18.3 Å². The Morgan fingerprint density at radius 1 is 0.647 bits per heavy atom. The Hall–Kier alpha value is -2.78. The van der Waals surface area contributed by atoms with E-state index in [1.54, 1.807) is 34.1 Å². The molecule has 0 unspecified atom stereocenters. The van der Waals surface area contributed by atoms with Crippen LogP contribution in [0.4, 0.5) is 0 Å². The van der Waals surface area contributed by atoms with Crippen molar-refractivity contribution < 1.29 is 18.3 Å². The highest BCUT2D eigenvalue weighted by Crippen LogP contribution is 2.42. The molecule has 0 saturated heterocycles. The first-order valence-corrected chi connectivity index (χ1v) is 13.3. The molecule has 174 valence electrons. The first-order chi connectivity index (χ1) is 16.8. The van der Waals surface area contributed by atoms with Crippen LogP contribution in [0.1, 0.15) is 22.6 Å². The molecule has 0 bridgehead atoms. The lowest BCUT2D eigenvalue weighted by atomic mass is 10.1. The quantitative estimate of drug-likeness (QED) is 0.276. The van der Waals surface area contributed by atoms with Crippen molar-refractivity contribution >= 4 is 21.6 Å². The third kappa shape index (κ3) is 5.00. The van der Waals surface area contributed by atoms with E-state index >= 15 is 0 Å². The molecule has 6 nitrogen and oxygen atoms in total. The van der Waals surface area contributed by atoms with E-state index in [2.05, 4.69) is 46.2 Å². The van der Waals surface area contributed by atoms with Gasteiger partial charge in [0.2, 0.25) is 0 Å². The predicted octanol–water partition coefficient (Wildman–Crippen LogP) is 6.38. The van der Waals surface area contributed by atoms with Crippen LogP contribution in [0.25, 0.3) is 0 Å². The van der Waals surface area contributed by atoms with E-state index in [0.29, 0.717) is 13.5 Å². The minimum absolute atomic E-state index is 0.564. The summed E-state index contributed by atoms with van der Waals surface area (Å²) in [6.45, 7) is 4.34.